The van der Waals surface area contributed by atoms with E-state index in [1.807, 2.05) is 32.8 Å². The van der Waals surface area contributed by atoms with Gasteiger partial charge in [-0.15, -0.1) is 0 Å². The summed E-state index contributed by atoms with van der Waals surface area (Å²) in [6.07, 6.45) is 0.810. The lowest BCUT2D eigenvalue weighted by atomic mass is 9.90. The van der Waals surface area contributed by atoms with E-state index in [0.29, 0.717) is 5.57 Å². The molecule has 13 heavy (non-hydrogen) atoms. The predicted molar refractivity (Wildman–Crippen MR) is 53.7 cm³/mol. The molecule has 0 rings (SSSR count). The van der Waals surface area contributed by atoms with Crippen LogP contribution in [-0.4, -0.2) is 36.1 Å². The van der Waals surface area contributed by atoms with E-state index >= 15 is 0 Å². The van der Waals surface area contributed by atoms with Gasteiger partial charge in [0.05, 0.1) is 0 Å². The SMILES string of the molecule is C=C(C(=O)O)C(CC)C(C)N(C)C. The molecular formula is C10H19NO2. The summed E-state index contributed by atoms with van der Waals surface area (Å²) in [5, 5.41) is 8.80. The lowest BCUT2D eigenvalue weighted by molar-refractivity contribution is -0.133. The van der Waals surface area contributed by atoms with Crippen molar-refractivity contribution in [3.63, 3.8) is 0 Å². The van der Waals surface area contributed by atoms with Gasteiger partial charge < -0.3 is 10.0 Å². The van der Waals surface area contributed by atoms with Gasteiger partial charge in [0, 0.05) is 17.5 Å². The van der Waals surface area contributed by atoms with Crippen molar-refractivity contribution in [1.29, 1.82) is 0 Å². The van der Waals surface area contributed by atoms with E-state index < -0.39 is 5.97 Å². The van der Waals surface area contributed by atoms with Crippen LogP contribution in [0.2, 0.25) is 0 Å². The number of aliphatic carboxylic acids is 1. The summed E-state index contributed by atoms with van der Waals surface area (Å²) >= 11 is 0. The van der Waals surface area contributed by atoms with Gasteiger partial charge in [0.1, 0.15) is 0 Å². The van der Waals surface area contributed by atoms with E-state index in [4.69, 9.17) is 5.11 Å². The van der Waals surface area contributed by atoms with Crippen LogP contribution in [0.25, 0.3) is 0 Å². The third-order valence-electron chi connectivity index (χ3n) is 2.56. The Morgan fingerprint density at radius 3 is 2.23 bits per heavy atom. The minimum Gasteiger partial charge on any atom is -0.478 e. The fraction of sp³-hybridized carbons (Fsp3) is 0.700. The molecule has 3 nitrogen and oxygen atoms in total. The summed E-state index contributed by atoms with van der Waals surface area (Å²) in [7, 11) is 3.89. The van der Waals surface area contributed by atoms with Crippen molar-refractivity contribution in [2.45, 2.75) is 26.3 Å². The number of carboxylic acid groups (broad SMARTS) is 1. The monoisotopic (exact) mass is 185 g/mol. The maximum absolute atomic E-state index is 10.7. The molecule has 0 aromatic carbocycles. The topological polar surface area (TPSA) is 40.5 Å². The zero-order valence-electron chi connectivity index (χ0n) is 8.87. The van der Waals surface area contributed by atoms with Crippen molar-refractivity contribution >= 4 is 5.97 Å². The average molecular weight is 185 g/mol. The van der Waals surface area contributed by atoms with Gasteiger partial charge in [0.25, 0.3) is 0 Å². The Hall–Kier alpha value is -0.830. The van der Waals surface area contributed by atoms with Crippen molar-refractivity contribution in [3.05, 3.63) is 12.2 Å². The minimum atomic E-state index is -0.888. The van der Waals surface area contributed by atoms with Crippen LogP contribution in [0.15, 0.2) is 12.2 Å². The van der Waals surface area contributed by atoms with Crippen molar-refractivity contribution in [3.8, 4) is 0 Å². The van der Waals surface area contributed by atoms with Crippen LogP contribution in [-0.2, 0) is 4.79 Å². The highest BCUT2D eigenvalue weighted by molar-refractivity contribution is 5.86. The van der Waals surface area contributed by atoms with Crippen molar-refractivity contribution in [2.75, 3.05) is 14.1 Å². The third kappa shape index (κ3) is 3.19. The zero-order chi connectivity index (χ0) is 10.6. The smallest absolute Gasteiger partial charge is 0.331 e. The zero-order valence-corrected chi connectivity index (χ0v) is 8.87. The van der Waals surface area contributed by atoms with Gasteiger partial charge in [0.15, 0.2) is 0 Å². The summed E-state index contributed by atoms with van der Waals surface area (Å²) in [6.45, 7) is 7.60. The average Bonchev–Trinajstić information content (AvgIpc) is 2.04. The molecule has 0 aromatic rings. The second-order valence-electron chi connectivity index (χ2n) is 3.55. The number of carbonyl (C=O) groups is 1. The largest absolute Gasteiger partial charge is 0.478 e. The van der Waals surface area contributed by atoms with Crippen LogP contribution in [0.3, 0.4) is 0 Å². The maximum Gasteiger partial charge on any atom is 0.331 e. The van der Waals surface area contributed by atoms with E-state index in [9.17, 15) is 4.79 Å². The van der Waals surface area contributed by atoms with E-state index in [1.165, 1.54) is 0 Å². The van der Waals surface area contributed by atoms with E-state index in [-0.39, 0.29) is 12.0 Å². The fourth-order valence-electron chi connectivity index (χ4n) is 1.40. The Balaban J connectivity index is 4.50. The molecule has 0 aliphatic rings. The standard InChI is InChI=1S/C10H19NO2/c1-6-9(7(2)10(12)13)8(3)11(4)5/h8-9H,2,6H2,1,3-5H3,(H,12,13). The molecule has 1 N–H and O–H groups in total. The molecule has 76 valence electrons. The molecule has 0 radical (unpaired) electrons. The minimum absolute atomic E-state index is 0.0347. The highest BCUT2D eigenvalue weighted by atomic mass is 16.4. The Bertz CT molecular complexity index is 199. The Morgan fingerprint density at radius 1 is 1.54 bits per heavy atom. The second-order valence-corrected chi connectivity index (χ2v) is 3.55. The van der Waals surface area contributed by atoms with Crippen LogP contribution in [0.1, 0.15) is 20.3 Å². The maximum atomic E-state index is 10.7. The lowest BCUT2D eigenvalue weighted by Crippen LogP contribution is -2.34. The van der Waals surface area contributed by atoms with Gasteiger partial charge in [-0.05, 0) is 27.4 Å². The van der Waals surface area contributed by atoms with Crippen molar-refractivity contribution in [1.82, 2.24) is 4.90 Å². The van der Waals surface area contributed by atoms with Crippen molar-refractivity contribution < 1.29 is 9.90 Å². The van der Waals surface area contributed by atoms with Crippen LogP contribution in [0.5, 0.6) is 0 Å². The molecule has 0 saturated heterocycles. The van der Waals surface area contributed by atoms with Crippen LogP contribution >= 0.6 is 0 Å². The first-order valence-corrected chi connectivity index (χ1v) is 4.50. The van der Waals surface area contributed by atoms with Crippen LogP contribution in [0, 0.1) is 5.92 Å². The molecule has 3 heteroatoms. The fourth-order valence-corrected chi connectivity index (χ4v) is 1.40. The molecule has 0 aromatic heterocycles. The van der Waals surface area contributed by atoms with Crippen LogP contribution in [0.4, 0.5) is 0 Å². The van der Waals surface area contributed by atoms with Gasteiger partial charge in [-0.1, -0.05) is 13.5 Å². The molecule has 0 saturated carbocycles. The second kappa shape index (κ2) is 5.02. The number of hydrogen-bond acceptors (Lipinski definition) is 2. The number of nitrogens with zero attached hydrogens (tertiary/aromatic N) is 1. The van der Waals surface area contributed by atoms with E-state index in [0.717, 1.165) is 6.42 Å². The summed E-state index contributed by atoms with van der Waals surface area (Å²) in [5.41, 5.74) is 0.309. The highest BCUT2D eigenvalue weighted by Crippen LogP contribution is 2.20. The summed E-state index contributed by atoms with van der Waals surface area (Å²) in [4.78, 5) is 12.7. The Kier molecular flexibility index (Phi) is 4.70. The molecular weight excluding hydrogens is 166 g/mol. The molecule has 0 amide bonds. The number of hydrogen-bond donors (Lipinski definition) is 1. The van der Waals surface area contributed by atoms with Gasteiger partial charge >= 0.3 is 5.97 Å². The van der Waals surface area contributed by atoms with Gasteiger partial charge in [-0.3, -0.25) is 0 Å². The predicted octanol–water partition coefficient (Wildman–Crippen LogP) is 1.60. The van der Waals surface area contributed by atoms with E-state index in [2.05, 4.69) is 6.58 Å². The first-order valence-electron chi connectivity index (χ1n) is 4.50. The van der Waals surface area contributed by atoms with Crippen molar-refractivity contribution in [2.24, 2.45) is 5.92 Å². The lowest BCUT2D eigenvalue weighted by Gasteiger charge is -2.28. The first kappa shape index (κ1) is 12.2. The number of rotatable bonds is 5. The quantitative estimate of drug-likeness (QED) is 0.661. The molecule has 2 unspecified atom stereocenters. The van der Waals surface area contributed by atoms with Gasteiger partial charge in [-0.2, -0.15) is 0 Å². The summed E-state index contributed by atoms with van der Waals surface area (Å²) < 4.78 is 0. The molecule has 0 spiro atoms. The number of carboxylic acids is 1. The molecule has 0 aliphatic heterocycles. The van der Waals surface area contributed by atoms with Crippen LogP contribution < -0.4 is 0 Å². The molecule has 0 aliphatic carbocycles. The van der Waals surface area contributed by atoms with E-state index in [1.54, 1.807) is 0 Å². The summed E-state index contributed by atoms with van der Waals surface area (Å²) in [6, 6.07) is 0.216. The molecule has 2 atom stereocenters. The van der Waals surface area contributed by atoms with Gasteiger partial charge in [-0.25, -0.2) is 4.79 Å². The Morgan fingerprint density at radius 2 is 2.00 bits per heavy atom. The normalized spacial score (nSPS) is 15.5. The molecule has 0 heterocycles. The third-order valence-corrected chi connectivity index (χ3v) is 2.56. The highest BCUT2D eigenvalue weighted by Gasteiger charge is 2.23. The molecule has 0 bridgehead atoms. The molecule has 0 fully saturated rings. The van der Waals surface area contributed by atoms with Gasteiger partial charge in [0.2, 0.25) is 0 Å². The Labute approximate surface area is 80.0 Å². The first-order chi connectivity index (χ1) is 5.91. The summed E-state index contributed by atoms with van der Waals surface area (Å²) in [5.74, 6) is -0.854.